The van der Waals surface area contributed by atoms with Gasteiger partial charge in [-0.05, 0) is 19.1 Å². The zero-order chi connectivity index (χ0) is 10.1. The number of hydrogen-bond donors (Lipinski definition) is 3. The lowest BCUT2D eigenvalue weighted by atomic mass is 10.1. The van der Waals surface area contributed by atoms with Gasteiger partial charge < -0.3 is 15.7 Å². The van der Waals surface area contributed by atoms with Gasteiger partial charge in [-0.15, -0.1) is 0 Å². The van der Waals surface area contributed by atoms with Crippen molar-refractivity contribution in [3.63, 3.8) is 0 Å². The van der Waals surface area contributed by atoms with Gasteiger partial charge in [-0.1, -0.05) is 6.07 Å². The van der Waals surface area contributed by atoms with Crippen LogP contribution < -0.4 is 10.6 Å². The number of nitrogens with one attached hydrogen (secondary N) is 2. The second-order valence-electron chi connectivity index (χ2n) is 3.46. The second kappa shape index (κ2) is 3.21. The van der Waals surface area contributed by atoms with Crippen LogP contribution in [0.15, 0.2) is 18.2 Å². The molecule has 14 heavy (non-hydrogen) atoms. The SMILES string of the molecule is CC1CNc2cccc(C(=O)O)c2N1. The number of anilines is 2. The first-order chi connectivity index (χ1) is 6.68. The molecule has 0 saturated heterocycles. The summed E-state index contributed by atoms with van der Waals surface area (Å²) >= 11 is 0. The summed E-state index contributed by atoms with van der Waals surface area (Å²) in [6.07, 6.45) is 0. The van der Waals surface area contributed by atoms with Crippen LogP contribution in [0.4, 0.5) is 11.4 Å². The summed E-state index contributed by atoms with van der Waals surface area (Å²) in [5.74, 6) is -0.898. The third-order valence-electron chi connectivity index (χ3n) is 2.28. The molecule has 1 aromatic carbocycles. The Kier molecular flexibility index (Phi) is 2.04. The van der Waals surface area contributed by atoms with Crippen LogP contribution in [0.5, 0.6) is 0 Å². The summed E-state index contributed by atoms with van der Waals surface area (Å²) in [7, 11) is 0. The van der Waals surface area contributed by atoms with Crippen LogP contribution in [0.2, 0.25) is 0 Å². The van der Waals surface area contributed by atoms with E-state index in [1.165, 1.54) is 0 Å². The third kappa shape index (κ3) is 1.39. The maximum absolute atomic E-state index is 10.9. The van der Waals surface area contributed by atoms with Gasteiger partial charge in [-0.25, -0.2) is 4.79 Å². The molecule has 1 heterocycles. The Morgan fingerprint density at radius 1 is 1.57 bits per heavy atom. The Morgan fingerprint density at radius 2 is 2.36 bits per heavy atom. The first kappa shape index (κ1) is 8.87. The lowest BCUT2D eigenvalue weighted by molar-refractivity contribution is 0.0698. The number of fused-ring (bicyclic) bond motifs is 1. The molecule has 0 aromatic heterocycles. The van der Waals surface area contributed by atoms with Gasteiger partial charge in [0.25, 0.3) is 0 Å². The quantitative estimate of drug-likeness (QED) is 0.632. The van der Waals surface area contributed by atoms with Crippen LogP contribution in [0, 0.1) is 0 Å². The molecule has 1 aliphatic rings. The van der Waals surface area contributed by atoms with Crippen molar-refractivity contribution in [2.45, 2.75) is 13.0 Å². The maximum Gasteiger partial charge on any atom is 0.337 e. The Morgan fingerprint density at radius 3 is 3.07 bits per heavy atom. The Labute approximate surface area is 81.9 Å². The highest BCUT2D eigenvalue weighted by Crippen LogP contribution is 2.29. The van der Waals surface area contributed by atoms with Crippen molar-refractivity contribution in [1.82, 2.24) is 0 Å². The predicted molar refractivity (Wildman–Crippen MR) is 55.0 cm³/mol. The first-order valence-corrected chi connectivity index (χ1v) is 4.55. The smallest absolute Gasteiger partial charge is 0.337 e. The van der Waals surface area contributed by atoms with Crippen molar-refractivity contribution < 1.29 is 9.90 Å². The lowest BCUT2D eigenvalue weighted by Gasteiger charge is -2.26. The molecule has 0 amide bonds. The van der Waals surface area contributed by atoms with Crippen LogP contribution in [0.3, 0.4) is 0 Å². The van der Waals surface area contributed by atoms with Crippen molar-refractivity contribution >= 4 is 17.3 Å². The average Bonchev–Trinajstić information content (AvgIpc) is 2.16. The zero-order valence-corrected chi connectivity index (χ0v) is 7.87. The van der Waals surface area contributed by atoms with Gasteiger partial charge >= 0.3 is 5.97 Å². The minimum atomic E-state index is -0.898. The van der Waals surface area contributed by atoms with E-state index in [1.807, 2.05) is 13.0 Å². The molecule has 1 unspecified atom stereocenters. The van der Waals surface area contributed by atoms with Gasteiger partial charge in [0.15, 0.2) is 0 Å². The van der Waals surface area contributed by atoms with Crippen LogP contribution in [0.1, 0.15) is 17.3 Å². The van der Waals surface area contributed by atoms with Crippen molar-refractivity contribution in [1.29, 1.82) is 0 Å². The van der Waals surface area contributed by atoms with Gasteiger partial charge in [0, 0.05) is 12.6 Å². The van der Waals surface area contributed by atoms with Crippen molar-refractivity contribution in [2.75, 3.05) is 17.2 Å². The normalized spacial score (nSPS) is 19.1. The predicted octanol–water partition coefficient (Wildman–Crippen LogP) is 1.61. The first-order valence-electron chi connectivity index (χ1n) is 4.55. The van der Waals surface area contributed by atoms with E-state index in [1.54, 1.807) is 12.1 Å². The molecule has 4 nitrogen and oxygen atoms in total. The van der Waals surface area contributed by atoms with Crippen LogP contribution in [0.25, 0.3) is 0 Å². The zero-order valence-electron chi connectivity index (χ0n) is 7.87. The van der Waals surface area contributed by atoms with Crippen molar-refractivity contribution in [2.24, 2.45) is 0 Å². The van der Waals surface area contributed by atoms with E-state index in [0.29, 0.717) is 11.3 Å². The van der Waals surface area contributed by atoms with E-state index in [2.05, 4.69) is 10.6 Å². The van der Waals surface area contributed by atoms with Crippen molar-refractivity contribution in [3.8, 4) is 0 Å². The van der Waals surface area contributed by atoms with E-state index >= 15 is 0 Å². The fourth-order valence-corrected chi connectivity index (χ4v) is 1.59. The number of para-hydroxylation sites is 1. The standard InChI is InChI=1S/C10H12N2O2/c1-6-5-11-8-4-2-3-7(10(13)14)9(8)12-6/h2-4,6,11-12H,5H2,1H3,(H,13,14). The molecule has 0 saturated carbocycles. The Balaban J connectivity index is 2.48. The van der Waals surface area contributed by atoms with Gasteiger partial charge in [-0.3, -0.25) is 0 Å². The minimum absolute atomic E-state index is 0.253. The number of benzene rings is 1. The summed E-state index contributed by atoms with van der Waals surface area (Å²) in [6.45, 7) is 2.82. The fraction of sp³-hybridized carbons (Fsp3) is 0.300. The topological polar surface area (TPSA) is 61.4 Å². The lowest BCUT2D eigenvalue weighted by Crippen LogP contribution is -2.31. The Hall–Kier alpha value is -1.71. The number of rotatable bonds is 1. The fourth-order valence-electron chi connectivity index (χ4n) is 1.59. The Bertz CT molecular complexity index is 376. The van der Waals surface area contributed by atoms with Gasteiger partial charge in [-0.2, -0.15) is 0 Å². The highest BCUT2D eigenvalue weighted by Gasteiger charge is 2.19. The van der Waals surface area contributed by atoms with Crippen LogP contribution in [-0.2, 0) is 0 Å². The molecule has 0 radical (unpaired) electrons. The van der Waals surface area contributed by atoms with Gasteiger partial charge in [0.05, 0.1) is 16.9 Å². The third-order valence-corrected chi connectivity index (χ3v) is 2.28. The minimum Gasteiger partial charge on any atom is -0.478 e. The number of hydrogen-bond acceptors (Lipinski definition) is 3. The van der Waals surface area contributed by atoms with Crippen molar-refractivity contribution in [3.05, 3.63) is 23.8 Å². The van der Waals surface area contributed by atoms with E-state index < -0.39 is 5.97 Å². The summed E-state index contributed by atoms with van der Waals surface area (Å²) < 4.78 is 0. The molecule has 0 spiro atoms. The number of aromatic carboxylic acids is 1. The summed E-state index contributed by atoms with van der Waals surface area (Å²) in [4.78, 5) is 10.9. The molecule has 2 rings (SSSR count). The van der Waals surface area contributed by atoms with E-state index in [-0.39, 0.29) is 6.04 Å². The van der Waals surface area contributed by atoms with E-state index in [0.717, 1.165) is 12.2 Å². The second-order valence-corrected chi connectivity index (χ2v) is 3.46. The molecule has 0 fully saturated rings. The molecule has 1 aromatic rings. The molecule has 1 aliphatic heterocycles. The summed E-state index contributed by atoms with van der Waals surface area (Å²) in [5, 5.41) is 15.3. The number of carboxylic acids is 1. The van der Waals surface area contributed by atoms with Crippen LogP contribution in [-0.4, -0.2) is 23.7 Å². The van der Waals surface area contributed by atoms with Gasteiger partial charge in [0.1, 0.15) is 0 Å². The van der Waals surface area contributed by atoms with Crippen LogP contribution >= 0.6 is 0 Å². The molecule has 3 N–H and O–H groups in total. The monoisotopic (exact) mass is 192 g/mol. The molecular formula is C10H12N2O2. The number of carboxylic acid groups (broad SMARTS) is 1. The van der Waals surface area contributed by atoms with Gasteiger partial charge in [0.2, 0.25) is 0 Å². The molecule has 0 bridgehead atoms. The number of carbonyl (C=O) groups is 1. The highest BCUT2D eigenvalue weighted by atomic mass is 16.4. The maximum atomic E-state index is 10.9. The molecule has 1 atom stereocenters. The highest BCUT2D eigenvalue weighted by molar-refractivity contribution is 5.98. The largest absolute Gasteiger partial charge is 0.478 e. The average molecular weight is 192 g/mol. The molecule has 74 valence electrons. The molecule has 4 heteroatoms. The summed E-state index contributed by atoms with van der Waals surface area (Å²) in [6, 6.07) is 5.48. The van der Waals surface area contributed by atoms with E-state index in [4.69, 9.17) is 5.11 Å². The van der Waals surface area contributed by atoms with E-state index in [9.17, 15) is 4.79 Å². The molecule has 0 aliphatic carbocycles. The molecular weight excluding hydrogens is 180 g/mol. The summed E-state index contributed by atoms with van der Waals surface area (Å²) in [5.41, 5.74) is 1.88.